The maximum absolute atomic E-state index is 12.5. The van der Waals surface area contributed by atoms with Gasteiger partial charge in [0.1, 0.15) is 12.0 Å². The number of hydrogen-bond acceptors (Lipinski definition) is 5. The highest BCUT2D eigenvalue weighted by Gasteiger charge is 2.54. The molecule has 4 rings (SSSR count). The van der Waals surface area contributed by atoms with Crippen molar-refractivity contribution in [3.8, 4) is 28.4 Å². The van der Waals surface area contributed by atoms with Crippen LogP contribution >= 0.6 is 0 Å². The minimum Gasteiger partial charge on any atom is -0.493 e. The minimum atomic E-state index is -0.937. The van der Waals surface area contributed by atoms with Crippen LogP contribution in [0.15, 0.2) is 30.3 Å². The summed E-state index contributed by atoms with van der Waals surface area (Å²) < 4.78 is 17.6. The first-order chi connectivity index (χ1) is 16.1. The second-order valence-corrected chi connectivity index (χ2v) is 10.7. The fourth-order valence-electron chi connectivity index (χ4n) is 5.46. The van der Waals surface area contributed by atoms with Gasteiger partial charge in [-0.05, 0) is 60.3 Å². The van der Waals surface area contributed by atoms with Gasteiger partial charge in [-0.1, -0.05) is 39.0 Å². The van der Waals surface area contributed by atoms with Crippen molar-refractivity contribution < 1.29 is 28.9 Å². The lowest BCUT2D eigenvalue weighted by Crippen LogP contribution is -2.52. The highest BCUT2D eigenvalue weighted by molar-refractivity contribution is 6.02. The number of methoxy groups -OCH3 is 2. The minimum absolute atomic E-state index is 0.0295. The topological polar surface area (TPSA) is 82.1 Å². The molecule has 2 aromatic rings. The molecule has 0 heterocycles. The normalized spacial score (nSPS) is 21.6. The van der Waals surface area contributed by atoms with Crippen LogP contribution in [0.2, 0.25) is 0 Å². The molecule has 0 saturated heterocycles. The Kier molecular flexibility index (Phi) is 6.36. The van der Waals surface area contributed by atoms with Crippen molar-refractivity contribution in [2.45, 2.75) is 52.9 Å². The third-order valence-corrected chi connectivity index (χ3v) is 7.35. The van der Waals surface area contributed by atoms with Crippen LogP contribution in [0.5, 0.6) is 17.2 Å². The number of carbonyl (C=O) groups is 2. The zero-order chi connectivity index (χ0) is 24.7. The van der Waals surface area contributed by atoms with Crippen molar-refractivity contribution in [2.24, 2.45) is 16.7 Å². The number of Topliss-reactive ketones (excluding diaryl/α,β-unsaturated/α-hetero) is 1. The zero-order valence-corrected chi connectivity index (χ0v) is 20.7. The van der Waals surface area contributed by atoms with Gasteiger partial charge >= 0.3 is 5.97 Å². The van der Waals surface area contributed by atoms with Crippen molar-refractivity contribution in [2.75, 3.05) is 20.8 Å². The van der Waals surface area contributed by atoms with Gasteiger partial charge < -0.3 is 19.3 Å². The van der Waals surface area contributed by atoms with E-state index in [0.717, 1.165) is 35.1 Å². The third kappa shape index (κ3) is 4.15. The van der Waals surface area contributed by atoms with Crippen LogP contribution in [0.3, 0.4) is 0 Å². The number of fused-ring (bicyclic) bond motifs is 1. The number of benzene rings is 2. The number of ether oxygens (including phenoxy) is 3. The van der Waals surface area contributed by atoms with Crippen LogP contribution in [-0.2, 0) is 11.2 Å². The van der Waals surface area contributed by atoms with Gasteiger partial charge in [-0.25, -0.2) is 0 Å². The Balaban J connectivity index is 1.76. The summed E-state index contributed by atoms with van der Waals surface area (Å²) in [4.78, 5) is 24.8. The average Bonchev–Trinajstić information content (AvgIpc) is 3.17. The third-order valence-electron chi connectivity index (χ3n) is 7.35. The highest BCUT2D eigenvalue weighted by atomic mass is 16.5. The Morgan fingerprint density at radius 1 is 1.03 bits per heavy atom. The van der Waals surface area contributed by atoms with E-state index < -0.39 is 11.4 Å². The van der Waals surface area contributed by atoms with Gasteiger partial charge in [0.2, 0.25) is 5.75 Å². The van der Waals surface area contributed by atoms with Crippen molar-refractivity contribution in [1.29, 1.82) is 0 Å². The van der Waals surface area contributed by atoms with Gasteiger partial charge in [0.25, 0.3) is 0 Å². The molecular weight excluding hydrogens is 432 g/mol. The lowest BCUT2D eigenvalue weighted by atomic mass is 9.56. The van der Waals surface area contributed by atoms with E-state index in [-0.39, 0.29) is 23.7 Å². The number of ketones is 1. The number of aliphatic carboxylic acids is 1. The molecule has 1 saturated carbocycles. The zero-order valence-electron chi connectivity index (χ0n) is 20.7. The summed E-state index contributed by atoms with van der Waals surface area (Å²) in [6.45, 7) is 6.46. The standard InChI is InChI=1S/C28H34O6/c1-27(2,3)15-17-13-14-28(17,26(30)31)16-34-24-21(10-12-23(32-4)25(24)33-5)18-7-6-8-20-19(18)9-11-22(20)29/h6-8,10,12,17H,9,11,13-16H2,1-5H3,(H,30,31). The summed E-state index contributed by atoms with van der Waals surface area (Å²) >= 11 is 0. The Morgan fingerprint density at radius 2 is 1.76 bits per heavy atom. The fraction of sp³-hybridized carbons (Fsp3) is 0.500. The smallest absolute Gasteiger partial charge is 0.313 e. The van der Waals surface area contributed by atoms with Gasteiger partial charge in [-0.2, -0.15) is 0 Å². The quantitative estimate of drug-likeness (QED) is 0.530. The Bertz CT molecular complexity index is 1110. The average molecular weight is 467 g/mol. The van der Waals surface area contributed by atoms with Gasteiger partial charge in [0.15, 0.2) is 17.3 Å². The number of carboxylic acid groups (broad SMARTS) is 1. The molecule has 1 N–H and O–H groups in total. The van der Waals surface area contributed by atoms with Crippen molar-refractivity contribution in [1.82, 2.24) is 0 Å². The fourth-order valence-corrected chi connectivity index (χ4v) is 5.46. The Hall–Kier alpha value is -3.02. The van der Waals surface area contributed by atoms with Crippen molar-refractivity contribution in [3.63, 3.8) is 0 Å². The highest BCUT2D eigenvalue weighted by Crippen LogP contribution is 2.53. The Labute approximate surface area is 201 Å². The van der Waals surface area contributed by atoms with Crippen LogP contribution in [0.4, 0.5) is 0 Å². The molecule has 34 heavy (non-hydrogen) atoms. The molecule has 0 radical (unpaired) electrons. The van der Waals surface area contributed by atoms with Gasteiger partial charge in [-0.15, -0.1) is 0 Å². The molecular formula is C28H34O6. The first kappa shape index (κ1) is 24.1. The van der Waals surface area contributed by atoms with Crippen LogP contribution in [0.25, 0.3) is 11.1 Å². The second kappa shape index (κ2) is 8.97. The summed E-state index contributed by atoms with van der Waals surface area (Å²) in [6, 6.07) is 9.43. The molecule has 2 aliphatic carbocycles. The molecule has 1 fully saturated rings. The maximum Gasteiger partial charge on any atom is 0.313 e. The molecule has 6 nitrogen and oxygen atoms in total. The van der Waals surface area contributed by atoms with Crippen LogP contribution in [0, 0.1) is 16.7 Å². The predicted octanol–water partition coefficient (Wildman–Crippen LogP) is 5.80. The molecule has 0 bridgehead atoms. The van der Waals surface area contributed by atoms with E-state index >= 15 is 0 Å². The van der Waals surface area contributed by atoms with Crippen LogP contribution < -0.4 is 14.2 Å². The molecule has 182 valence electrons. The molecule has 0 aliphatic heterocycles. The van der Waals surface area contributed by atoms with E-state index in [1.54, 1.807) is 14.2 Å². The second-order valence-electron chi connectivity index (χ2n) is 10.7. The van der Waals surface area contributed by atoms with E-state index in [9.17, 15) is 14.7 Å². The largest absolute Gasteiger partial charge is 0.493 e. The molecule has 6 heteroatoms. The van der Waals surface area contributed by atoms with E-state index in [2.05, 4.69) is 20.8 Å². The summed E-state index contributed by atoms with van der Waals surface area (Å²) in [5.41, 5.74) is 2.51. The molecule has 2 atom stereocenters. The monoisotopic (exact) mass is 466 g/mol. The lowest BCUT2D eigenvalue weighted by Gasteiger charge is -2.48. The predicted molar refractivity (Wildman–Crippen MR) is 130 cm³/mol. The van der Waals surface area contributed by atoms with Crippen molar-refractivity contribution in [3.05, 3.63) is 41.5 Å². The van der Waals surface area contributed by atoms with Gasteiger partial charge in [0, 0.05) is 17.5 Å². The molecule has 2 aromatic carbocycles. The summed E-state index contributed by atoms with van der Waals surface area (Å²) in [5, 5.41) is 10.2. The van der Waals surface area contributed by atoms with E-state index in [1.807, 2.05) is 30.3 Å². The molecule has 0 amide bonds. The number of carbonyl (C=O) groups excluding carboxylic acids is 1. The summed E-state index contributed by atoms with van der Waals surface area (Å²) in [6.07, 6.45) is 3.44. The number of carboxylic acids is 1. The molecule has 2 aliphatic rings. The van der Waals surface area contributed by atoms with E-state index in [4.69, 9.17) is 14.2 Å². The Morgan fingerprint density at radius 3 is 2.35 bits per heavy atom. The number of rotatable bonds is 8. The van der Waals surface area contributed by atoms with Gasteiger partial charge in [-0.3, -0.25) is 9.59 Å². The van der Waals surface area contributed by atoms with Crippen LogP contribution in [0.1, 0.15) is 62.4 Å². The maximum atomic E-state index is 12.5. The first-order valence-electron chi connectivity index (χ1n) is 11.9. The molecule has 0 aromatic heterocycles. The van der Waals surface area contributed by atoms with E-state index in [0.29, 0.717) is 36.5 Å². The lowest BCUT2D eigenvalue weighted by molar-refractivity contribution is -0.167. The molecule has 0 spiro atoms. The summed E-state index contributed by atoms with van der Waals surface area (Å²) in [5.74, 6) is 0.760. The summed E-state index contributed by atoms with van der Waals surface area (Å²) in [7, 11) is 3.11. The van der Waals surface area contributed by atoms with E-state index in [1.165, 1.54) is 0 Å². The SMILES string of the molecule is COc1ccc(-c2cccc3c2CCC3=O)c(OCC2(C(=O)O)CCC2CC(C)(C)C)c1OC. The van der Waals surface area contributed by atoms with Crippen molar-refractivity contribution >= 4 is 11.8 Å². The first-order valence-corrected chi connectivity index (χ1v) is 11.9. The number of hydrogen-bond donors (Lipinski definition) is 1. The van der Waals surface area contributed by atoms with Crippen LogP contribution in [-0.4, -0.2) is 37.7 Å². The van der Waals surface area contributed by atoms with Gasteiger partial charge in [0.05, 0.1) is 14.2 Å². The molecule has 2 unspecified atom stereocenters.